The summed E-state index contributed by atoms with van der Waals surface area (Å²) < 4.78 is 40.9. The molecule has 1 aliphatic heterocycles. The van der Waals surface area contributed by atoms with Gasteiger partial charge in [0.25, 0.3) is 5.91 Å². The van der Waals surface area contributed by atoms with Crippen molar-refractivity contribution in [1.82, 2.24) is 19.4 Å². The zero-order valence-corrected chi connectivity index (χ0v) is 20.8. The Kier molecular flexibility index (Phi) is 7.39. The summed E-state index contributed by atoms with van der Waals surface area (Å²) in [5.41, 5.74) is 0.873. The van der Waals surface area contributed by atoms with Gasteiger partial charge in [-0.3, -0.25) is 4.79 Å². The zero-order chi connectivity index (χ0) is 24.3. The Morgan fingerprint density at radius 2 is 1.82 bits per heavy atom. The molecule has 7 nitrogen and oxygen atoms in total. The Bertz CT molecular complexity index is 1260. The Labute approximate surface area is 203 Å². The van der Waals surface area contributed by atoms with E-state index in [4.69, 9.17) is 0 Å². The molecule has 3 aromatic rings. The van der Waals surface area contributed by atoms with Crippen molar-refractivity contribution in [1.29, 1.82) is 0 Å². The number of carbonyl (C=O) groups is 1. The molecule has 0 saturated carbocycles. The molecule has 1 saturated heterocycles. The molecule has 2 heterocycles. The Morgan fingerprint density at radius 1 is 1.12 bits per heavy atom. The standard InChI is InChI=1S/C24H27FN4O3S2/c1-3-29(4-2)34(31,32)19-13-11-17(12-14-19)24(30)28-15-7-8-18(16-28)22-26-27-23(33-22)20-9-5-6-10-21(20)25/h5-6,9-14,18H,3-4,7-8,15-16H2,1-2H3. The molecule has 0 aliphatic carbocycles. The van der Waals surface area contributed by atoms with Crippen molar-refractivity contribution in [2.75, 3.05) is 26.2 Å². The number of likely N-dealkylation sites (tertiary alicyclic amines) is 1. The van der Waals surface area contributed by atoms with Crippen LogP contribution >= 0.6 is 11.3 Å². The Balaban J connectivity index is 1.48. The second-order valence-electron chi connectivity index (χ2n) is 8.13. The largest absolute Gasteiger partial charge is 0.338 e. The van der Waals surface area contributed by atoms with Gasteiger partial charge in [-0.1, -0.05) is 37.3 Å². The number of sulfonamides is 1. The van der Waals surface area contributed by atoms with Crippen LogP contribution in [0.2, 0.25) is 0 Å². The summed E-state index contributed by atoms with van der Waals surface area (Å²) >= 11 is 1.36. The number of amides is 1. The van der Waals surface area contributed by atoms with E-state index in [0.29, 0.717) is 42.3 Å². The Hall–Kier alpha value is -2.69. The summed E-state index contributed by atoms with van der Waals surface area (Å²) in [6.07, 6.45) is 1.69. The predicted octanol–water partition coefficient (Wildman–Crippen LogP) is 4.39. The fourth-order valence-electron chi connectivity index (χ4n) is 4.17. The lowest BCUT2D eigenvalue weighted by atomic mass is 9.98. The summed E-state index contributed by atoms with van der Waals surface area (Å²) in [5, 5.41) is 9.78. The van der Waals surface area contributed by atoms with Gasteiger partial charge in [0.15, 0.2) is 5.01 Å². The predicted molar refractivity (Wildman–Crippen MR) is 130 cm³/mol. The number of halogens is 1. The van der Waals surface area contributed by atoms with Gasteiger partial charge >= 0.3 is 0 Å². The van der Waals surface area contributed by atoms with Crippen LogP contribution in [0.25, 0.3) is 10.6 Å². The van der Waals surface area contributed by atoms with Crippen LogP contribution in [0.4, 0.5) is 4.39 Å². The number of rotatable bonds is 7. The van der Waals surface area contributed by atoms with Crippen LogP contribution in [0, 0.1) is 5.82 Å². The maximum atomic E-state index is 14.1. The summed E-state index contributed by atoms with van der Waals surface area (Å²) in [6.45, 7) is 5.47. The molecule has 1 atom stereocenters. The topological polar surface area (TPSA) is 83.5 Å². The molecular formula is C24H27FN4O3S2. The van der Waals surface area contributed by atoms with E-state index in [1.165, 1.54) is 33.8 Å². The molecule has 10 heteroatoms. The second kappa shape index (κ2) is 10.3. The SMILES string of the molecule is CCN(CC)S(=O)(=O)c1ccc(C(=O)N2CCCC(c3nnc(-c4ccccc4F)s3)C2)cc1. The molecule has 1 unspecified atom stereocenters. The summed E-state index contributed by atoms with van der Waals surface area (Å²) in [6, 6.07) is 12.6. The van der Waals surface area contributed by atoms with Gasteiger partial charge in [0.05, 0.1) is 4.90 Å². The minimum Gasteiger partial charge on any atom is -0.338 e. The van der Waals surface area contributed by atoms with Crippen molar-refractivity contribution in [3.8, 4) is 10.6 Å². The van der Waals surface area contributed by atoms with Crippen LogP contribution in [-0.4, -0.2) is 59.9 Å². The van der Waals surface area contributed by atoms with Crippen LogP contribution in [0.1, 0.15) is 48.0 Å². The zero-order valence-electron chi connectivity index (χ0n) is 19.1. The van der Waals surface area contributed by atoms with E-state index in [2.05, 4.69) is 10.2 Å². The molecule has 0 spiro atoms. The molecule has 1 aromatic heterocycles. The summed E-state index contributed by atoms with van der Waals surface area (Å²) in [5.74, 6) is -0.453. The van der Waals surface area contributed by atoms with Crippen LogP contribution in [0.5, 0.6) is 0 Å². The van der Waals surface area contributed by atoms with E-state index in [1.54, 1.807) is 49.1 Å². The third kappa shape index (κ3) is 4.89. The van der Waals surface area contributed by atoms with E-state index in [9.17, 15) is 17.6 Å². The third-order valence-corrected chi connectivity index (χ3v) is 9.23. The van der Waals surface area contributed by atoms with Crippen LogP contribution in [0.3, 0.4) is 0 Å². The molecule has 0 N–H and O–H groups in total. The lowest BCUT2D eigenvalue weighted by molar-refractivity contribution is 0.0706. The number of aromatic nitrogens is 2. The first-order valence-electron chi connectivity index (χ1n) is 11.3. The molecule has 0 radical (unpaired) electrons. The van der Waals surface area contributed by atoms with Crippen molar-refractivity contribution < 1.29 is 17.6 Å². The molecule has 180 valence electrons. The van der Waals surface area contributed by atoms with Gasteiger partial charge in [0, 0.05) is 43.2 Å². The third-order valence-electron chi connectivity index (χ3n) is 6.05. The molecular weight excluding hydrogens is 475 g/mol. The van der Waals surface area contributed by atoms with Crippen LogP contribution < -0.4 is 0 Å². The number of carbonyl (C=O) groups excluding carboxylic acids is 1. The normalized spacial score (nSPS) is 16.7. The average Bonchev–Trinajstić information content (AvgIpc) is 3.35. The summed E-state index contributed by atoms with van der Waals surface area (Å²) in [7, 11) is -3.57. The first-order valence-corrected chi connectivity index (χ1v) is 13.6. The van der Waals surface area contributed by atoms with Crippen molar-refractivity contribution in [2.45, 2.75) is 37.5 Å². The average molecular weight is 503 g/mol. The van der Waals surface area contributed by atoms with E-state index in [-0.39, 0.29) is 22.5 Å². The number of piperidine rings is 1. The van der Waals surface area contributed by atoms with E-state index >= 15 is 0 Å². The first-order chi connectivity index (χ1) is 16.3. The lowest BCUT2D eigenvalue weighted by Crippen LogP contribution is -2.39. The molecule has 1 amide bonds. The van der Waals surface area contributed by atoms with Gasteiger partial charge in [-0.15, -0.1) is 10.2 Å². The van der Waals surface area contributed by atoms with E-state index in [1.807, 2.05) is 0 Å². The van der Waals surface area contributed by atoms with Gasteiger partial charge < -0.3 is 4.90 Å². The monoisotopic (exact) mass is 502 g/mol. The quantitative estimate of drug-likeness (QED) is 0.478. The number of hydrogen-bond acceptors (Lipinski definition) is 6. The molecule has 1 fully saturated rings. The highest BCUT2D eigenvalue weighted by atomic mass is 32.2. The number of nitrogens with zero attached hydrogens (tertiary/aromatic N) is 4. The van der Waals surface area contributed by atoms with Crippen molar-refractivity contribution in [3.05, 3.63) is 64.9 Å². The van der Waals surface area contributed by atoms with Crippen molar-refractivity contribution >= 4 is 27.3 Å². The minimum atomic E-state index is -3.57. The second-order valence-corrected chi connectivity index (χ2v) is 11.1. The van der Waals surface area contributed by atoms with Gasteiger partial charge in [-0.25, -0.2) is 12.8 Å². The van der Waals surface area contributed by atoms with E-state index in [0.717, 1.165) is 17.8 Å². The molecule has 0 bridgehead atoms. The van der Waals surface area contributed by atoms with Gasteiger partial charge in [-0.2, -0.15) is 4.31 Å². The van der Waals surface area contributed by atoms with Crippen molar-refractivity contribution in [3.63, 3.8) is 0 Å². The Morgan fingerprint density at radius 3 is 2.50 bits per heavy atom. The molecule has 2 aromatic carbocycles. The highest BCUT2D eigenvalue weighted by Gasteiger charge is 2.29. The van der Waals surface area contributed by atoms with Crippen LogP contribution in [-0.2, 0) is 10.0 Å². The lowest BCUT2D eigenvalue weighted by Gasteiger charge is -2.31. The van der Waals surface area contributed by atoms with Crippen LogP contribution in [0.15, 0.2) is 53.4 Å². The fourth-order valence-corrected chi connectivity index (χ4v) is 6.62. The summed E-state index contributed by atoms with van der Waals surface area (Å²) in [4.78, 5) is 15.1. The highest BCUT2D eigenvalue weighted by molar-refractivity contribution is 7.89. The number of benzene rings is 2. The van der Waals surface area contributed by atoms with E-state index < -0.39 is 10.0 Å². The molecule has 34 heavy (non-hydrogen) atoms. The van der Waals surface area contributed by atoms with Crippen molar-refractivity contribution in [2.24, 2.45) is 0 Å². The smallest absolute Gasteiger partial charge is 0.253 e. The first kappa shape index (κ1) is 24.4. The maximum Gasteiger partial charge on any atom is 0.253 e. The molecule has 4 rings (SSSR count). The minimum absolute atomic E-state index is 0.0260. The number of hydrogen-bond donors (Lipinski definition) is 0. The highest BCUT2D eigenvalue weighted by Crippen LogP contribution is 2.34. The van der Waals surface area contributed by atoms with Gasteiger partial charge in [0.1, 0.15) is 10.8 Å². The maximum absolute atomic E-state index is 14.1. The van der Waals surface area contributed by atoms with Gasteiger partial charge in [0.2, 0.25) is 10.0 Å². The van der Waals surface area contributed by atoms with Gasteiger partial charge in [-0.05, 0) is 49.2 Å². The fraction of sp³-hybridized carbons (Fsp3) is 0.375. The molecule has 1 aliphatic rings.